The summed E-state index contributed by atoms with van der Waals surface area (Å²) >= 11 is 0. The number of carboxylic acid groups (broad SMARTS) is 1. The molecule has 0 unspecified atom stereocenters. The maximum atomic E-state index is 11.8. The van der Waals surface area contributed by atoms with Crippen LogP contribution in [-0.2, 0) is 4.74 Å². The molecule has 2 atom stereocenters. The molecule has 76 valence electrons. The summed E-state index contributed by atoms with van der Waals surface area (Å²) in [4.78, 5) is 10.2. The van der Waals surface area contributed by atoms with Gasteiger partial charge in [0.15, 0.2) is 0 Å². The van der Waals surface area contributed by atoms with Crippen molar-refractivity contribution in [1.82, 2.24) is 5.32 Å². The van der Waals surface area contributed by atoms with Gasteiger partial charge in [0.1, 0.15) is 0 Å². The van der Waals surface area contributed by atoms with Crippen molar-refractivity contribution in [3.63, 3.8) is 0 Å². The number of ether oxygens (including phenoxy) is 1. The zero-order valence-electron chi connectivity index (χ0n) is 6.87. The van der Waals surface area contributed by atoms with Crippen molar-refractivity contribution in [1.29, 1.82) is 0 Å². The summed E-state index contributed by atoms with van der Waals surface area (Å²) in [5, 5.41) is 10.5. The number of alkyl halides is 2. The predicted octanol–water partition coefficient (Wildman–Crippen LogP) is 1.41. The van der Waals surface area contributed by atoms with Crippen molar-refractivity contribution in [3.8, 4) is 0 Å². The Kier molecular flexibility index (Phi) is 3.41. The molecule has 1 aliphatic rings. The van der Waals surface area contributed by atoms with Crippen molar-refractivity contribution < 1.29 is 23.4 Å². The van der Waals surface area contributed by atoms with E-state index in [0.717, 1.165) is 0 Å². The first-order valence-electron chi connectivity index (χ1n) is 4.02. The number of amides is 1. The van der Waals surface area contributed by atoms with E-state index in [9.17, 15) is 13.6 Å². The first-order chi connectivity index (χ1) is 6.09. The molecular weight excluding hydrogens is 184 g/mol. The van der Waals surface area contributed by atoms with Crippen LogP contribution in [0.25, 0.3) is 0 Å². The fourth-order valence-corrected chi connectivity index (χ4v) is 1.54. The van der Waals surface area contributed by atoms with Crippen LogP contribution in [0.2, 0.25) is 0 Å². The quantitative estimate of drug-likeness (QED) is 0.715. The lowest BCUT2D eigenvalue weighted by Gasteiger charge is -2.19. The molecule has 0 saturated heterocycles. The van der Waals surface area contributed by atoms with Crippen molar-refractivity contribution in [2.45, 2.75) is 38.0 Å². The van der Waals surface area contributed by atoms with Gasteiger partial charge >= 0.3 is 12.7 Å². The maximum absolute atomic E-state index is 11.8. The zero-order chi connectivity index (χ0) is 9.84. The first-order valence-corrected chi connectivity index (χ1v) is 4.02. The lowest BCUT2D eigenvalue weighted by molar-refractivity contribution is -0.165. The molecule has 1 amide bonds. The number of hydrogen-bond donors (Lipinski definition) is 2. The second kappa shape index (κ2) is 4.36. The standard InChI is InChI=1S/C7H11F2NO3/c8-6(9)13-5-3-1-2-4(5)10-7(11)12/h4-6,10H,1-3H2,(H,11,12)/t4-,5-/m0/s1. The minimum Gasteiger partial charge on any atom is -0.465 e. The van der Waals surface area contributed by atoms with Crippen molar-refractivity contribution >= 4 is 6.09 Å². The highest BCUT2D eigenvalue weighted by Gasteiger charge is 2.31. The number of carbonyl (C=O) groups is 1. The zero-order valence-corrected chi connectivity index (χ0v) is 6.87. The van der Waals surface area contributed by atoms with E-state index < -0.39 is 24.9 Å². The minimum absolute atomic E-state index is 0.481. The molecule has 0 spiro atoms. The molecule has 2 N–H and O–H groups in total. The van der Waals surface area contributed by atoms with Gasteiger partial charge in [-0.1, -0.05) is 0 Å². The van der Waals surface area contributed by atoms with Gasteiger partial charge in [0.2, 0.25) is 0 Å². The summed E-state index contributed by atoms with van der Waals surface area (Å²) in [7, 11) is 0. The highest BCUT2D eigenvalue weighted by atomic mass is 19.3. The Labute approximate surface area is 73.9 Å². The van der Waals surface area contributed by atoms with Crippen molar-refractivity contribution in [2.24, 2.45) is 0 Å². The second-order valence-electron chi connectivity index (χ2n) is 2.92. The van der Waals surface area contributed by atoms with Crippen LogP contribution >= 0.6 is 0 Å². The predicted molar refractivity (Wildman–Crippen MR) is 39.7 cm³/mol. The van der Waals surface area contributed by atoms with Gasteiger partial charge in [-0.05, 0) is 19.3 Å². The Morgan fingerprint density at radius 3 is 2.77 bits per heavy atom. The third-order valence-corrected chi connectivity index (χ3v) is 2.04. The van der Waals surface area contributed by atoms with Crippen LogP contribution in [-0.4, -0.2) is 30.0 Å². The molecule has 1 saturated carbocycles. The summed E-state index contributed by atoms with van der Waals surface area (Å²) in [6.07, 6.45) is -0.132. The van der Waals surface area contributed by atoms with Crippen LogP contribution in [0.1, 0.15) is 19.3 Å². The molecule has 0 aromatic carbocycles. The van der Waals surface area contributed by atoms with Gasteiger partial charge in [-0.2, -0.15) is 8.78 Å². The van der Waals surface area contributed by atoms with Crippen LogP contribution < -0.4 is 5.32 Å². The van der Waals surface area contributed by atoms with E-state index in [2.05, 4.69) is 10.1 Å². The monoisotopic (exact) mass is 195 g/mol. The van der Waals surface area contributed by atoms with Crippen molar-refractivity contribution in [2.75, 3.05) is 0 Å². The third kappa shape index (κ3) is 3.14. The fourth-order valence-electron chi connectivity index (χ4n) is 1.54. The fraction of sp³-hybridized carbons (Fsp3) is 0.857. The summed E-state index contributed by atoms with van der Waals surface area (Å²) in [6, 6.07) is -0.494. The van der Waals surface area contributed by atoms with Crippen LogP contribution in [0.3, 0.4) is 0 Å². The highest BCUT2D eigenvalue weighted by Crippen LogP contribution is 2.23. The lowest BCUT2D eigenvalue weighted by Crippen LogP contribution is -2.40. The molecule has 1 aliphatic carbocycles. The molecule has 0 aromatic heterocycles. The third-order valence-electron chi connectivity index (χ3n) is 2.04. The Morgan fingerprint density at radius 2 is 2.23 bits per heavy atom. The van der Waals surface area contributed by atoms with Crippen LogP contribution in [0.4, 0.5) is 13.6 Å². The van der Waals surface area contributed by atoms with Gasteiger partial charge in [0.25, 0.3) is 0 Å². The van der Waals surface area contributed by atoms with E-state index in [4.69, 9.17) is 5.11 Å². The number of rotatable bonds is 3. The topological polar surface area (TPSA) is 58.6 Å². The summed E-state index contributed by atoms with van der Waals surface area (Å²) in [5.41, 5.74) is 0. The molecule has 6 heteroatoms. The molecule has 1 rings (SSSR count). The van der Waals surface area contributed by atoms with Gasteiger partial charge in [-0.3, -0.25) is 0 Å². The van der Waals surface area contributed by atoms with Gasteiger partial charge < -0.3 is 15.2 Å². The van der Waals surface area contributed by atoms with E-state index in [-0.39, 0.29) is 0 Å². The number of nitrogens with one attached hydrogen (secondary N) is 1. The van der Waals surface area contributed by atoms with Gasteiger partial charge in [0.05, 0.1) is 12.1 Å². The van der Waals surface area contributed by atoms with E-state index in [1.807, 2.05) is 0 Å². The number of hydrogen-bond acceptors (Lipinski definition) is 2. The average Bonchev–Trinajstić information content (AvgIpc) is 2.34. The molecule has 13 heavy (non-hydrogen) atoms. The summed E-state index contributed by atoms with van der Waals surface area (Å²) in [5.74, 6) is 0. The van der Waals surface area contributed by atoms with E-state index in [0.29, 0.717) is 19.3 Å². The lowest BCUT2D eigenvalue weighted by atomic mass is 10.2. The summed E-state index contributed by atoms with van der Waals surface area (Å²) < 4.78 is 27.9. The molecular formula is C7H11F2NO3. The van der Waals surface area contributed by atoms with Gasteiger partial charge in [-0.15, -0.1) is 0 Å². The minimum atomic E-state index is -2.83. The van der Waals surface area contributed by atoms with Crippen LogP contribution in [0, 0.1) is 0 Å². The molecule has 4 nitrogen and oxygen atoms in total. The maximum Gasteiger partial charge on any atom is 0.404 e. The Morgan fingerprint density at radius 1 is 1.54 bits per heavy atom. The van der Waals surface area contributed by atoms with Crippen LogP contribution in [0.15, 0.2) is 0 Å². The summed E-state index contributed by atoms with van der Waals surface area (Å²) in [6.45, 7) is -2.83. The van der Waals surface area contributed by atoms with Crippen molar-refractivity contribution in [3.05, 3.63) is 0 Å². The van der Waals surface area contributed by atoms with Gasteiger partial charge in [-0.25, -0.2) is 4.79 Å². The van der Waals surface area contributed by atoms with E-state index >= 15 is 0 Å². The SMILES string of the molecule is O=C(O)N[C@H]1CCC[C@@H]1OC(F)F. The highest BCUT2D eigenvalue weighted by molar-refractivity contribution is 5.65. The number of halogens is 2. The first kappa shape index (κ1) is 10.2. The molecule has 0 heterocycles. The average molecular weight is 195 g/mol. The smallest absolute Gasteiger partial charge is 0.404 e. The van der Waals surface area contributed by atoms with Crippen LogP contribution in [0.5, 0.6) is 0 Å². The van der Waals surface area contributed by atoms with E-state index in [1.165, 1.54) is 0 Å². The van der Waals surface area contributed by atoms with E-state index in [1.54, 1.807) is 0 Å². The Hall–Kier alpha value is -0.910. The largest absolute Gasteiger partial charge is 0.465 e. The Balaban J connectivity index is 2.39. The molecule has 0 aromatic rings. The second-order valence-corrected chi connectivity index (χ2v) is 2.92. The molecule has 1 fully saturated rings. The van der Waals surface area contributed by atoms with Gasteiger partial charge in [0, 0.05) is 0 Å². The molecule has 0 aliphatic heterocycles. The molecule has 0 bridgehead atoms. The normalized spacial score (nSPS) is 27.9. The molecule has 0 radical (unpaired) electrons. The Bertz CT molecular complexity index is 189.